The van der Waals surface area contributed by atoms with Gasteiger partial charge in [-0.05, 0) is 31.4 Å². The first-order valence-corrected chi connectivity index (χ1v) is 8.29. The Hall–Kier alpha value is -2.36. The van der Waals surface area contributed by atoms with E-state index in [0.717, 1.165) is 24.8 Å². The average Bonchev–Trinajstić information content (AvgIpc) is 2.95. The molecule has 0 unspecified atom stereocenters. The van der Waals surface area contributed by atoms with Crippen LogP contribution in [0.15, 0.2) is 41.2 Å². The fourth-order valence-corrected chi connectivity index (χ4v) is 3.95. The number of hydrogen-bond donors (Lipinski definition) is 1. The molecule has 1 saturated carbocycles. The minimum atomic E-state index is -0.0157. The van der Waals surface area contributed by atoms with E-state index in [1.165, 1.54) is 12.5 Å². The maximum atomic E-state index is 13.0. The van der Waals surface area contributed by atoms with E-state index in [4.69, 9.17) is 0 Å². The number of ketones is 1. The SMILES string of the molecule is Cc1ccccc1C(=O)c1ccc(=O)n2c1N[C@@H]1CCCC[C@@H]12. The van der Waals surface area contributed by atoms with Crippen LogP contribution < -0.4 is 10.9 Å². The van der Waals surface area contributed by atoms with Gasteiger partial charge in [0, 0.05) is 17.7 Å². The van der Waals surface area contributed by atoms with Crippen LogP contribution in [0, 0.1) is 6.92 Å². The largest absolute Gasteiger partial charge is 0.366 e. The fraction of sp³-hybridized carbons (Fsp3) is 0.368. The zero-order valence-electron chi connectivity index (χ0n) is 13.2. The Morgan fingerprint density at radius 1 is 1.09 bits per heavy atom. The van der Waals surface area contributed by atoms with Crippen molar-refractivity contribution in [3.05, 3.63) is 63.4 Å². The molecular formula is C19H20N2O2. The summed E-state index contributed by atoms with van der Waals surface area (Å²) in [6.45, 7) is 1.94. The van der Waals surface area contributed by atoms with Crippen molar-refractivity contribution < 1.29 is 4.79 Å². The maximum absolute atomic E-state index is 13.0. The molecule has 0 amide bonds. The van der Waals surface area contributed by atoms with Crippen molar-refractivity contribution in [1.29, 1.82) is 0 Å². The standard InChI is InChI=1S/C19H20N2O2/c1-12-6-2-3-7-13(12)18(23)14-10-11-17(22)21-16-9-5-4-8-15(16)20-19(14)21/h2-3,6-7,10-11,15-16,20H,4-5,8-9H2,1H3/t15-,16+/m1/s1. The Balaban J connectivity index is 1.83. The molecule has 1 N–H and O–H groups in total. The Morgan fingerprint density at radius 2 is 1.87 bits per heavy atom. The number of nitrogens with one attached hydrogen (secondary N) is 1. The van der Waals surface area contributed by atoms with Crippen molar-refractivity contribution in [2.24, 2.45) is 0 Å². The van der Waals surface area contributed by atoms with Gasteiger partial charge in [-0.2, -0.15) is 0 Å². The van der Waals surface area contributed by atoms with Crippen molar-refractivity contribution in [3.63, 3.8) is 0 Å². The summed E-state index contributed by atoms with van der Waals surface area (Å²) >= 11 is 0. The average molecular weight is 308 g/mol. The summed E-state index contributed by atoms with van der Waals surface area (Å²) in [6.07, 6.45) is 4.39. The van der Waals surface area contributed by atoms with Crippen LogP contribution in [-0.2, 0) is 0 Å². The summed E-state index contributed by atoms with van der Waals surface area (Å²) in [5.41, 5.74) is 2.25. The zero-order chi connectivity index (χ0) is 16.0. The van der Waals surface area contributed by atoms with Crippen LogP contribution in [0.1, 0.15) is 53.2 Å². The second-order valence-electron chi connectivity index (χ2n) is 6.55. The van der Waals surface area contributed by atoms with E-state index >= 15 is 0 Å². The number of pyridine rings is 1. The first-order valence-electron chi connectivity index (χ1n) is 8.29. The quantitative estimate of drug-likeness (QED) is 0.866. The monoisotopic (exact) mass is 308 g/mol. The van der Waals surface area contributed by atoms with Gasteiger partial charge in [0.1, 0.15) is 5.82 Å². The molecule has 1 aliphatic carbocycles. The summed E-state index contributed by atoms with van der Waals surface area (Å²) in [5, 5.41) is 3.46. The predicted octanol–water partition coefficient (Wildman–Crippen LogP) is 3.30. The van der Waals surface area contributed by atoms with E-state index in [1.54, 1.807) is 6.07 Å². The van der Waals surface area contributed by atoms with Crippen LogP contribution in [0.4, 0.5) is 5.82 Å². The lowest BCUT2D eigenvalue weighted by atomic mass is 9.91. The molecule has 1 fully saturated rings. The lowest BCUT2D eigenvalue weighted by Crippen LogP contribution is -2.29. The molecule has 23 heavy (non-hydrogen) atoms. The Morgan fingerprint density at radius 3 is 2.70 bits per heavy atom. The molecule has 0 spiro atoms. The number of benzene rings is 1. The number of anilines is 1. The molecule has 4 rings (SSSR count). The number of aryl methyl sites for hydroxylation is 1. The molecule has 0 saturated heterocycles. The number of hydrogen-bond acceptors (Lipinski definition) is 3. The van der Waals surface area contributed by atoms with Crippen molar-refractivity contribution in [2.75, 3.05) is 5.32 Å². The number of fused-ring (bicyclic) bond motifs is 3. The van der Waals surface area contributed by atoms with Gasteiger partial charge in [-0.15, -0.1) is 0 Å². The second-order valence-corrected chi connectivity index (χ2v) is 6.55. The Kier molecular flexibility index (Phi) is 3.33. The third kappa shape index (κ3) is 2.21. The van der Waals surface area contributed by atoms with E-state index in [2.05, 4.69) is 5.32 Å². The van der Waals surface area contributed by atoms with E-state index < -0.39 is 0 Å². The smallest absolute Gasteiger partial charge is 0.252 e. The van der Waals surface area contributed by atoms with Crippen LogP contribution in [0.5, 0.6) is 0 Å². The molecule has 1 aromatic heterocycles. The van der Waals surface area contributed by atoms with Gasteiger partial charge in [-0.3, -0.25) is 14.2 Å². The molecule has 4 heteroatoms. The van der Waals surface area contributed by atoms with Crippen LogP contribution in [0.3, 0.4) is 0 Å². The molecule has 2 aromatic rings. The number of aromatic nitrogens is 1. The van der Waals surface area contributed by atoms with E-state index in [9.17, 15) is 9.59 Å². The van der Waals surface area contributed by atoms with Gasteiger partial charge in [0.05, 0.1) is 11.6 Å². The van der Waals surface area contributed by atoms with E-state index in [1.807, 2.05) is 35.8 Å². The molecular weight excluding hydrogens is 288 g/mol. The minimum Gasteiger partial charge on any atom is -0.366 e. The summed E-state index contributed by atoms with van der Waals surface area (Å²) < 4.78 is 1.81. The highest BCUT2D eigenvalue weighted by Crippen LogP contribution is 2.38. The Bertz CT molecular complexity index is 838. The highest BCUT2D eigenvalue weighted by atomic mass is 16.1. The predicted molar refractivity (Wildman–Crippen MR) is 90.2 cm³/mol. The summed E-state index contributed by atoms with van der Waals surface area (Å²) in [7, 11) is 0. The molecule has 0 radical (unpaired) electrons. The van der Waals surface area contributed by atoms with E-state index in [0.29, 0.717) is 16.9 Å². The Labute approximate surface area is 135 Å². The number of carbonyl (C=O) groups excluding carboxylic acids is 1. The van der Waals surface area contributed by atoms with Crippen LogP contribution in [0.2, 0.25) is 0 Å². The fourth-order valence-electron chi connectivity index (χ4n) is 3.95. The van der Waals surface area contributed by atoms with Gasteiger partial charge in [-0.1, -0.05) is 37.1 Å². The second kappa shape index (κ2) is 5.37. The van der Waals surface area contributed by atoms with Crippen molar-refractivity contribution in [3.8, 4) is 0 Å². The van der Waals surface area contributed by atoms with Crippen molar-refractivity contribution in [2.45, 2.75) is 44.7 Å². The lowest BCUT2D eigenvalue weighted by Gasteiger charge is -2.25. The molecule has 4 nitrogen and oxygen atoms in total. The van der Waals surface area contributed by atoms with Gasteiger partial charge in [0.25, 0.3) is 5.56 Å². The summed E-state index contributed by atoms with van der Waals surface area (Å²) in [6, 6.07) is 11.3. The van der Waals surface area contributed by atoms with Crippen molar-refractivity contribution in [1.82, 2.24) is 4.57 Å². The minimum absolute atomic E-state index is 0.0109. The van der Waals surface area contributed by atoms with Crippen LogP contribution in [0.25, 0.3) is 0 Å². The zero-order valence-corrected chi connectivity index (χ0v) is 13.2. The lowest BCUT2D eigenvalue weighted by molar-refractivity contribution is 0.103. The summed E-state index contributed by atoms with van der Waals surface area (Å²) in [4.78, 5) is 25.3. The van der Waals surface area contributed by atoms with Gasteiger partial charge >= 0.3 is 0 Å². The molecule has 118 valence electrons. The molecule has 2 heterocycles. The van der Waals surface area contributed by atoms with Crippen LogP contribution >= 0.6 is 0 Å². The molecule has 2 aliphatic rings. The first-order chi connectivity index (χ1) is 11.2. The van der Waals surface area contributed by atoms with Gasteiger partial charge < -0.3 is 5.32 Å². The summed E-state index contributed by atoms with van der Waals surface area (Å²) in [5.74, 6) is 0.695. The maximum Gasteiger partial charge on any atom is 0.252 e. The van der Waals surface area contributed by atoms with Crippen molar-refractivity contribution >= 4 is 11.6 Å². The number of rotatable bonds is 2. The number of nitrogens with zero attached hydrogens (tertiary/aromatic N) is 1. The highest BCUT2D eigenvalue weighted by Gasteiger charge is 2.36. The molecule has 1 aromatic carbocycles. The van der Waals surface area contributed by atoms with Gasteiger partial charge in [0.15, 0.2) is 5.78 Å². The topological polar surface area (TPSA) is 51.1 Å². The van der Waals surface area contributed by atoms with Gasteiger partial charge in [-0.25, -0.2) is 0 Å². The highest BCUT2D eigenvalue weighted by molar-refractivity contribution is 6.12. The molecule has 1 aliphatic heterocycles. The third-order valence-electron chi connectivity index (χ3n) is 5.14. The molecule has 2 atom stereocenters. The third-order valence-corrected chi connectivity index (χ3v) is 5.14. The first kappa shape index (κ1) is 14.2. The molecule has 0 bridgehead atoms. The van der Waals surface area contributed by atoms with Gasteiger partial charge in [0.2, 0.25) is 0 Å². The van der Waals surface area contributed by atoms with E-state index in [-0.39, 0.29) is 23.4 Å². The van der Waals surface area contributed by atoms with Crippen LogP contribution in [-0.4, -0.2) is 16.4 Å². The number of carbonyl (C=O) groups is 1. The normalized spacial score (nSPS) is 22.1.